The molecule has 0 saturated carbocycles. The maximum atomic E-state index is 12.6. The van der Waals surface area contributed by atoms with Gasteiger partial charge in [0.1, 0.15) is 0 Å². The van der Waals surface area contributed by atoms with Crippen molar-refractivity contribution in [1.82, 2.24) is 0 Å². The van der Waals surface area contributed by atoms with E-state index in [-0.39, 0.29) is 18.0 Å². The largest absolute Gasteiger partial charge is 0.416 e. The third-order valence-corrected chi connectivity index (χ3v) is 3.07. The van der Waals surface area contributed by atoms with E-state index in [0.717, 1.165) is 22.6 Å². The van der Waals surface area contributed by atoms with Crippen LogP contribution in [0.2, 0.25) is 0 Å². The third kappa shape index (κ3) is 4.53. The highest BCUT2D eigenvalue weighted by Crippen LogP contribution is 2.30. The van der Waals surface area contributed by atoms with Crippen molar-refractivity contribution >= 4 is 24.2 Å². The first-order chi connectivity index (χ1) is 9.84. The third-order valence-electron chi connectivity index (χ3n) is 2.77. The highest BCUT2D eigenvalue weighted by atomic mass is 32.1. The highest BCUT2D eigenvalue weighted by molar-refractivity contribution is 7.80. The van der Waals surface area contributed by atoms with Gasteiger partial charge in [-0.3, -0.25) is 4.79 Å². The Balaban J connectivity index is 2.04. The van der Waals surface area contributed by atoms with Gasteiger partial charge in [0.15, 0.2) is 0 Å². The van der Waals surface area contributed by atoms with Crippen LogP contribution in [0.15, 0.2) is 53.4 Å². The average Bonchev–Trinajstić information content (AvgIpc) is 2.41. The maximum absolute atomic E-state index is 12.6. The van der Waals surface area contributed by atoms with Gasteiger partial charge in [0.2, 0.25) is 5.91 Å². The van der Waals surface area contributed by atoms with E-state index < -0.39 is 11.7 Å². The van der Waals surface area contributed by atoms with Crippen molar-refractivity contribution < 1.29 is 18.0 Å². The minimum Gasteiger partial charge on any atom is -0.326 e. The van der Waals surface area contributed by atoms with Crippen LogP contribution in [0.5, 0.6) is 0 Å². The fraction of sp³-hybridized carbons (Fsp3) is 0.133. The minimum atomic E-state index is -4.43. The van der Waals surface area contributed by atoms with Gasteiger partial charge < -0.3 is 5.32 Å². The Morgan fingerprint density at radius 2 is 1.76 bits per heavy atom. The Morgan fingerprint density at radius 3 is 2.38 bits per heavy atom. The topological polar surface area (TPSA) is 29.1 Å². The lowest BCUT2D eigenvalue weighted by molar-refractivity contribution is -0.137. The first-order valence-electron chi connectivity index (χ1n) is 6.09. The molecule has 0 spiro atoms. The molecule has 2 nitrogen and oxygen atoms in total. The van der Waals surface area contributed by atoms with Crippen LogP contribution >= 0.6 is 12.6 Å². The molecule has 0 bridgehead atoms. The number of anilines is 1. The number of amides is 1. The second-order valence-electron chi connectivity index (χ2n) is 4.47. The van der Waals surface area contributed by atoms with Crippen molar-refractivity contribution in [3.05, 3.63) is 59.7 Å². The Kier molecular flexibility index (Phi) is 4.57. The van der Waals surface area contributed by atoms with Crippen LogP contribution in [0.25, 0.3) is 0 Å². The van der Waals surface area contributed by atoms with Crippen LogP contribution in [0.4, 0.5) is 18.9 Å². The highest BCUT2D eigenvalue weighted by Gasteiger charge is 2.30. The predicted molar refractivity (Wildman–Crippen MR) is 77.5 cm³/mol. The lowest BCUT2D eigenvalue weighted by Gasteiger charge is -2.10. The van der Waals surface area contributed by atoms with Crippen molar-refractivity contribution in [2.75, 3.05) is 5.32 Å². The van der Waals surface area contributed by atoms with Crippen molar-refractivity contribution in [1.29, 1.82) is 0 Å². The van der Waals surface area contributed by atoms with E-state index >= 15 is 0 Å². The summed E-state index contributed by atoms with van der Waals surface area (Å²) in [6, 6.07) is 11.5. The number of benzene rings is 2. The number of thiol groups is 1. The average molecular weight is 311 g/mol. The summed E-state index contributed by atoms with van der Waals surface area (Å²) in [5.74, 6) is -0.374. The number of carbonyl (C=O) groups excluding carboxylic acids is 1. The molecule has 2 aromatic rings. The van der Waals surface area contributed by atoms with Gasteiger partial charge in [0, 0.05) is 10.6 Å². The molecule has 0 aliphatic heterocycles. The van der Waals surface area contributed by atoms with Crippen LogP contribution in [0.3, 0.4) is 0 Å². The summed E-state index contributed by atoms with van der Waals surface area (Å²) in [7, 11) is 0. The number of hydrogen-bond donors (Lipinski definition) is 2. The number of rotatable bonds is 3. The second-order valence-corrected chi connectivity index (χ2v) is 4.99. The van der Waals surface area contributed by atoms with Crippen molar-refractivity contribution in [3.8, 4) is 0 Å². The Labute approximate surface area is 125 Å². The molecule has 0 atom stereocenters. The summed E-state index contributed by atoms with van der Waals surface area (Å²) in [4.78, 5) is 12.6. The number of carbonyl (C=O) groups is 1. The van der Waals surface area contributed by atoms with E-state index in [4.69, 9.17) is 0 Å². The monoisotopic (exact) mass is 311 g/mol. The minimum absolute atomic E-state index is 0.0876. The molecule has 0 aliphatic rings. The van der Waals surface area contributed by atoms with Gasteiger partial charge in [0.25, 0.3) is 0 Å². The molecule has 110 valence electrons. The first kappa shape index (κ1) is 15.4. The molecule has 6 heteroatoms. The summed E-state index contributed by atoms with van der Waals surface area (Å²) in [5, 5.41) is 2.46. The second kappa shape index (κ2) is 6.22. The Bertz CT molecular complexity index is 638. The smallest absolute Gasteiger partial charge is 0.326 e. The van der Waals surface area contributed by atoms with E-state index in [1.807, 2.05) is 0 Å². The van der Waals surface area contributed by atoms with Gasteiger partial charge >= 0.3 is 6.18 Å². The molecule has 0 aromatic heterocycles. The Morgan fingerprint density at radius 1 is 1.10 bits per heavy atom. The molecule has 0 fully saturated rings. The molecule has 0 unspecified atom stereocenters. The summed E-state index contributed by atoms with van der Waals surface area (Å²) in [6.07, 6.45) is -4.34. The zero-order valence-corrected chi connectivity index (χ0v) is 11.7. The number of halogens is 3. The molecule has 0 radical (unpaired) electrons. The van der Waals surface area contributed by atoms with Gasteiger partial charge in [-0.25, -0.2) is 0 Å². The van der Waals surface area contributed by atoms with E-state index in [9.17, 15) is 18.0 Å². The van der Waals surface area contributed by atoms with Crippen LogP contribution in [0, 0.1) is 0 Å². The molecular weight excluding hydrogens is 299 g/mol. The van der Waals surface area contributed by atoms with Crippen LogP contribution in [-0.2, 0) is 17.4 Å². The van der Waals surface area contributed by atoms with Crippen molar-refractivity contribution in [3.63, 3.8) is 0 Å². The van der Waals surface area contributed by atoms with E-state index in [1.165, 1.54) is 12.1 Å². The fourth-order valence-electron chi connectivity index (χ4n) is 1.78. The van der Waals surface area contributed by atoms with Crippen LogP contribution < -0.4 is 5.32 Å². The molecule has 0 heterocycles. The molecule has 0 aliphatic carbocycles. The summed E-state index contributed by atoms with van der Waals surface area (Å²) < 4.78 is 37.7. The normalized spacial score (nSPS) is 11.2. The Hall–Kier alpha value is -1.95. The number of alkyl halides is 3. The lowest BCUT2D eigenvalue weighted by atomic mass is 10.1. The van der Waals surface area contributed by atoms with E-state index in [0.29, 0.717) is 0 Å². The van der Waals surface area contributed by atoms with E-state index in [1.54, 1.807) is 24.3 Å². The van der Waals surface area contributed by atoms with Crippen LogP contribution in [0.1, 0.15) is 11.1 Å². The summed E-state index contributed by atoms with van der Waals surface area (Å²) in [6.45, 7) is 0. The lowest BCUT2D eigenvalue weighted by Crippen LogP contribution is -2.15. The predicted octanol–water partition coefficient (Wildman–Crippen LogP) is 4.18. The molecule has 2 rings (SSSR count). The van der Waals surface area contributed by atoms with Crippen LogP contribution in [-0.4, -0.2) is 5.91 Å². The van der Waals surface area contributed by atoms with Gasteiger partial charge in [0.05, 0.1) is 12.0 Å². The molecule has 21 heavy (non-hydrogen) atoms. The van der Waals surface area contributed by atoms with Gasteiger partial charge in [-0.05, 0) is 35.9 Å². The molecule has 1 amide bonds. The van der Waals surface area contributed by atoms with Gasteiger partial charge in [-0.15, -0.1) is 12.6 Å². The first-order valence-corrected chi connectivity index (χ1v) is 6.54. The zero-order chi connectivity index (χ0) is 15.5. The standard InChI is InChI=1S/C15H12F3NOS/c16-15(17,18)11-2-1-3-12(9-11)19-14(20)8-10-4-6-13(21)7-5-10/h1-7,9,21H,8H2,(H,19,20). The zero-order valence-electron chi connectivity index (χ0n) is 10.8. The molecule has 0 saturated heterocycles. The van der Waals surface area contributed by atoms with Crippen molar-refractivity contribution in [2.24, 2.45) is 0 Å². The molecular formula is C15H12F3NOS. The molecule has 1 N–H and O–H groups in total. The van der Waals surface area contributed by atoms with Gasteiger partial charge in [-0.2, -0.15) is 13.2 Å². The summed E-state index contributed by atoms with van der Waals surface area (Å²) >= 11 is 4.13. The van der Waals surface area contributed by atoms with Crippen molar-refractivity contribution in [2.45, 2.75) is 17.5 Å². The SMILES string of the molecule is O=C(Cc1ccc(S)cc1)Nc1cccc(C(F)(F)F)c1. The maximum Gasteiger partial charge on any atom is 0.416 e. The summed E-state index contributed by atoms with van der Waals surface area (Å²) in [5.41, 5.74) is 0.0950. The van der Waals surface area contributed by atoms with Gasteiger partial charge in [-0.1, -0.05) is 18.2 Å². The fourth-order valence-corrected chi connectivity index (χ4v) is 1.93. The number of hydrogen-bond acceptors (Lipinski definition) is 2. The van der Waals surface area contributed by atoms with E-state index in [2.05, 4.69) is 17.9 Å². The quantitative estimate of drug-likeness (QED) is 0.818. The molecule has 2 aromatic carbocycles. The number of nitrogens with one attached hydrogen (secondary N) is 1.